The summed E-state index contributed by atoms with van der Waals surface area (Å²) in [5.74, 6) is -0.384. The van der Waals surface area contributed by atoms with E-state index in [9.17, 15) is 27.2 Å². The number of ether oxygens (including phenoxy) is 1. The van der Waals surface area contributed by atoms with Gasteiger partial charge in [-0.05, 0) is 41.7 Å². The molecule has 2 aromatic heterocycles. The van der Waals surface area contributed by atoms with Gasteiger partial charge in [0.05, 0.1) is 17.4 Å². The Hall–Kier alpha value is -4.05. The summed E-state index contributed by atoms with van der Waals surface area (Å²) in [6.45, 7) is 0. The number of alkyl halides is 3. The first-order chi connectivity index (χ1) is 16.1. The Morgan fingerprint density at radius 2 is 1.79 bits per heavy atom. The second-order valence-electron chi connectivity index (χ2n) is 6.88. The van der Waals surface area contributed by atoms with Crippen molar-refractivity contribution >= 4 is 43.1 Å². The number of amides is 2. The minimum Gasteiger partial charge on any atom is -0.455 e. The first-order valence-electron chi connectivity index (χ1n) is 9.46. The number of nitrogens with one attached hydrogen (secondary N) is 3. The Morgan fingerprint density at radius 3 is 2.53 bits per heavy atom. The molecule has 0 saturated carbocycles. The van der Waals surface area contributed by atoms with Crippen molar-refractivity contribution < 1.29 is 27.1 Å². The number of halogens is 4. The third-order valence-electron chi connectivity index (χ3n) is 4.49. The van der Waals surface area contributed by atoms with Crippen LogP contribution < -0.4 is 26.2 Å². The number of pyridine rings is 1. The first kappa shape index (κ1) is 23.1. The number of aromatic nitrogens is 3. The van der Waals surface area contributed by atoms with Crippen LogP contribution in [0.5, 0.6) is 11.5 Å². The number of aromatic amines is 1. The van der Waals surface area contributed by atoms with E-state index in [0.29, 0.717) is 34.8 Å². The van der Waals surface area contributed by atoms with Crippen LogP contribution in [0.25, 0.3) is 11.2 Å². The quantitative estimate of drug-likeness (QED) is 0.290. The number of hydrogen-bond acceptors (Lipinski definition) is 5. The highest BCUT2D eigenvalue weighted by Gasteiger charge is 2.31. The summed E-state index contributed by atoms with van der Waals surface area (Å²) in [5, 5.41) is 4.96. The van der Waals surface area contributed by atoms with Gasteiger partial charge in [-0.1, -0.05) is 0 Å². The number of urea groups is 1. The molecule has 4 aromatic rings. The van der Waals surface area contributed by atoms with Gasteiger partial charge in [-0.3, -0.25) is 4.79 Å². The molecule has 2 aromatic carbocycles. The van der Waals surface area contributed by atoms with Gasteiger partial charge in [-0.2, -0.15) is 13.2 Å². The first-order valence-corrected chi connectivity index (χ1v) is 10.0. The fourth-order valence-corrected chi connectivity index (χ4v) is 3.26. The molecule has 0 aliphatic rings. The summed E-state index contributed by atoms with van der Waals surface area (Å²) in [4.78, 5) is 34.4. The number of carbonyl (C=O) groups is 1. The van der Waals surface area contributed by atoms with Crippen molar-refractivity contribution in [1.29, 1.82) is 0 Å². The highest BCUT2D eigenvalue weighted by molar-refractivity contribution is 7.28. The van der Waals surface area contributed by atoms with Crippen LogP contribution in [0.15, 0.2) is 59.7 Å². The molecule has 2 amide bonds. The molecule has 8 nitrogen and oxygen atoms in total. The summed E-state index contributed by atoms with van der Waals surface area (Å²) >= 11 is 0. The lowest BCUT2D eigenvalue weighted by Crippen LogP contribution is -2.23. The molecule has 0 spiro atoms. The summed E-state index contributed by atoms with van der Waals surface area (Å²) in [6, 6.07) is 6.83. The van der Waals surface area contributed by atoms with Crippen LogP contribution in [0, 0.1) is 5.82 Å². The van der Waals surface area contributed by atoms with E-state index in [1.165, 1.54) is 24.4 Å². The lowest BCUT2D eigenvalue weighted by molar-refractivity contribution is -0.137. The molecule has 1 atom stereocenters. The van der Waals surface area contributed by atoms with Gasteiger partial charge in [0.2, 0.25) is 0 Å². The maximum Gasteiger partial charge on any atom is 0.416 e. The van der Waals surface area contributed by atoms with E-state index in [0.717, 1.165) is 6.20 Å². The van der Waals surface area contributed by atoms with Gasteiger partial charge in [0.25, 0.3) is 5.56 Å². The van der Waals surface area contributed by atoms with Gasteiger partial charge in [0.1, 0.15) is 17.1 Å². The van der Waals surface area contributed by atoms with Crippen molar-refractivity contribution in [1.82, 2.24) is 15.0 Å². The number of carbonyl (C=O) groups excluding carboxylic acids is 1. The highest BCUT2D eigenvalue weighted by Crippen LogP contribution is 2.32. The zero-order chi connectivity index (χ0) is 24.5. The van der Waals surface area contributed by atoms with Gasteiger partial charge in [0.15, 0.2) is 11.4 Å². The fourth-order valence-electron chi connectivity index (χ4n) is 2.93. The smallest absolute Gasteiger partial charge is 0.416 e. The highest BCUT2D eigenvalue weighted by atomic mass is 31.0. The average Bonchev–Trinajstić information content (AvgIpc) is 2.77. The van der Waals surface area contributed by atoms with Crippen molar-refractivity contribution in [2.45, 2.75) is 6.18 Å². The lowest BCUT2D eigenvalue weighted by Gasteiger charge is -2.14. The van der Waals surface area contributed by atoms with Crippen LogP contribution in [0.3, 0.4) is 0 Å². The van der Waals surface area contributed by atoms with E-state index in [4.69, 9.17) is 4.74 Å². The number of fused-ring (bicyclic) bond motifs is 1. The van der Waals surface area contributed by atoms with Crippen molar-refractivity contribution in [3.8, 4) is 11.5 Å². The van der Waals surface area contributed by atoms with E-state index >= 15 is 0 Å². The van der Waals surface area contributed by atoms with E-state index in [1.807, 2.05) is 0 Å². The Bertz CT molecular complexity index is 1460. The molecular weight excluding hydrogens is 477 g/mol. The fraction of sp³-hybridized carbons (Fsp3) is 0.0476. The molecule has 0 saturated heterocycles. The van der Waals surface area contributed by atoms with Gasteiger partial charge in [-0.15, -0.1) is 9.24 Å². The van der Waals surface area contributed by atoms with Crippen molar-refractivity contribution in [2.75, 3.05) is 10.6 Å². The molecule has 2 heterocycles. The largest absolute Gasteiger partial charge is 0.455 e. The summed E-state index contributed by atoms with van der Waals surface area (Å²) in [5.41, 5.74) is -1.30. The standard InChI is InChI=1S/C21H14F4N5O3P/c22-12-3-1-10(21(23,24)25)7-14(12)29-20(32)28-13-4-2-11(8-16(13)34)33-15-5-6-26-19-18(15)30-17(31)9-27-19/h1-9H,34H2,(H,30,31)(H2,28,29,32). The second kappa shape index (κ2) is 9.06. The molecule has 13 heteroatoms. The third kappa shape index (κ3) is 5.12. The Morgan fingerprint density at radius 1 is 1.03 bits per heavy atom. The summed E-state index contributed by atoms with van der Waals surface area (Å²) in [6.07, 6.45) is -2.14. The molecule has 1 unspecified atom stereocenters. The average molecular weight is 491 g/mol. The molecule has 0 bridgehead atoms. The van der Waals surface area contributed by atoms with E-state index in [-0.39, 0.29) is 17.1 Å². The molecule has 0 fully saturated rings. The predicted octanol–water partition coefficient (Wildman–Crippen LogP) is 4.41. The van der Waals surface area contributed by atoms with E-state index in [2.05, 4.69) is 34.8 Å². The van der Waals surface area contributed by atoms with Gasteiger partial charge in [-0.25, -0.2) is 19.2 Å². The van der Waals surface area contributed by atoms with Crippen LogP contribution in [0.2, 0.25) is 0 Å². The summed E-state index contributed by atoms with van der Waals surface area (Å²) in [7, 11) is 2.37. The van der Waals surface area contributed by atoms with Gasteiger partial charge >= 0.3 is 12.2 Å². The van der Waals surface area contributed by atoms with Crippen LogP contribution in [-0.2, 0) is 6.18 Å². The topological polar surface area (TPSA) is 109 Å². The lowest BCUT2D eigenvalue weighted by atomic mass is 10.2. The normalized spacial score (nSPS) is 11.3. The van der Waals surface area contributed by atoms with Crippen LogP contribution in [0.4, 0.5) is 33.7 Å². The molecular formula is C21H14F4N5O3P. The van der Waals surface area contributed by atoms with Gasteiger partial charge < -0.3 is 20.4 Å². The zero-order valence-corrected chi connectivity index (χ0v) is 18.1. The molecule has 0 aliphatic carbocycles. The molecule has 174 valence electrons. The monoisotopic (exact) mass is 491 g/mol. The maximum atomic E-state index is 13.9. The SMILES string of the molecule is O=C(Nc1cc(C(F)(F)F)ccc1F)Nc1ccc(Oc2ccnc3ncc(=O)[nH]c23)cc1P. The number of hydrogen-bond donors (Lipinski definition) is 3. The van der Waals surface area contributed by atoms with E-state index in [1.54, 1.807) is 6.07 Å². The van der Waals surface area contributed by atoms with E-state index < -0.39 is 34.8 Å². The zero-order valence-electron chi connectivity index (χ0n) is 16.9. The minimum absolute atomic E-state index is 0.275. The van der Waals surface area contributed by atoms with Crippen molar-refractivity contribution in [3.05, 3.63) is 76.6 Å². The van der Waals surface area contributed by atoms with Crippen molar-refractivity contribution in [3.63, 3.8) is 0 Å². The number of nitrogens with zero attached hydrogens (tertiary/aromatic N) is 2. The third-order valence-corrected chi connectivity index (χ3v) is 4.96. The molecule has 34 heavy (non-hydrogen) atoms. The number of rotatable bonds is 4. The maximum absolute atomic E-state index is 13.9. The van der Waals surface area contributed by atoms with Gasteiger partial charge in [0, 0.05) is 18.0 Å². The minimum atomic E-state index is -4.69. The summed E-state index contributed by atoms with van der Waals surface area (Å²) < 4.78 is 58.2. The Balaban J connectivity index is 1.50. The van der Waals surface area contributed by atoms with Crippen molar-refractivity contribution in [2.24, 2.45) is 0 Å². The number of H-pyrrole nitrogens is 1. The Labute approximate surface area is 190 Å². The second-order valence-corrected chi connectivity index (χ2v) is 7.50. The van der Waals surface area contributed by atoms with Crippen LogP contribution in [-0.4, -0.2) is 21.0 Å². The van der Waals surface area contributed by atoms with Crippen LogP contribution >= 0.6 is 9.24 Å². The molecule has 3 N–H and O–H groups in total. The molecule has 0 radical (unpaired) electrons. The molecule has 0 aliphatic heterocycles. The number of anilines is 2. The molecule has 4 rings (SSSR count). The number of benzene rings is 2. The predicted molar refractivity (Wildman–Crippen MR) is 120 cm³/mol. The Kier molecular flexibility index (Phi) is 6.16. The van der Waals surface area contributed by atoms with Crippen LogP contribution in [0.1, 0.15) is 5.56 Å².